The van der Waals surface area contributed by atoms with Gasteiger partial charge in [0, 0.05) is 18.2 Å². The molecule has 2 aliphatic carbocycles. The van der Waals surface area contributed by atoms with E-state index in [-0.39, 0.29) is 5.91 Å². The van der Waals surface area contributed by atoms with Crippen LogP contribution in [-0.2, 0) is 6.54 Å². The zero-order valence-electron chi connectivity index (χ0n) is 15.5. The number of ether oxygens (including phenoxy) is 1. The highest BCUT2D eigenvalue weighted by Crippen LogP contribution is 2.30. The number of aryl methyl sites for hydroxylation is 1. The van der Waals surface area contributed by atoms with Crippen LogP contribution in [0.1, 0.15) is 53.6 Å². The van der Waals surface area contributed by atoms with Crippen LogP contribution < -0.4 is 4.74 Å². The molecule has 2 fully saturated rings. The highest BCUT2D eigenvalue weighted by atomic mass is 16.5. The molecule has 2 aliphatic rings. The third kappa shape index (κ3) is 4.09. The Morgan fingerprint density at radius 2 is 1.69 bits per heavy atom. The van der Waals surface area contributed by atoms with Gasteiger partial charge >= 0.3 is 0 Å². The lowest BCUT2D eigenvalue weighted by Crippen LogP contribution is -2.32. The number of carbonyl (C=O) groups excluding carboxylic acids is 1. The number of amides is 1. The van der Waals surface area contributed by atoms with Crippen LogP contribution in [0, 0.1) is 12.8 Å². The number of hydrogen-bond donors (Lipinski definition) is 0. The van der Waals surface area contributed by atoms with Gasteiger partial charge in [-0.2, -0.15) is 0 Å². The molecular weight excluding hydrogens is 322 g/mol. The molecule has 0 bridgehead atoms. The van der Waals surface area contributed by atoms with Crippen LogP contribution in [0.4, 0.5) is 0 Å². The van der Waals surface area contributed by atoms with Crippen molar-refractivity contribution in [1.82, 2.24) is 4.90 Å². The van der Waals surface area contributed by atoms with Crippen LogP contribution in [0.2, 0.25) is 0 Å². The van der Waals surface area contributed by atoms with Gasteiger partial charge in [-0.3, -0.25) is 4.79 Å². The first kappa shape index (κ1) is 17.1. The average Bonchev–Trinajstić information content (AvgIpc) is 3.45. The molecule has 2 aromatic rings. The molecule has 0 atom stereocenters. The van der Waals surface area contributed by atoms with Gasteiger partial charge in [0.2, 0.25) is 0 Å². The van der Waals surface area contributed by atoms with Crippen molar-refractivity contribution in [3.8, 4) is 5.75 Å². The van der Waals surface area contributed by atoms with Gasteiger partial charge in [0.25, 0.3) is 5.91 Å². The first-order valence-corrected chi connectivity index (χ1v) is 9.78. The predicted octanol–water partition coefficient (Wildman–Crippen LogP) is 4.98. The molecule has 0 aliphatic heterocycles. The Bertz CT molecular complexity index is 743. The Morgan fingerprint density at radius 1 is 1.00 bits per heavy atom. The zero-order valence-corrected chi connectivity index (χ0v) is 15.5. The van der Waals surface area contributed by atoms with E-state index in [2.05, 4.69) is 12.1 Å². The van der Waals surface area contributed by atoms with Crippen LogP contribution in [0.15, 0.2) is 48.5 Å². The van der Waals surface area contributed by atoms with Crippen molar-refractivity contribution < 1.29 is 9.53 Å². The fourth-order valence-corrected chi connectivity index (χ4v) is 3.38. The minimum absolute atomic E-state index is 0.137. The highest BCUT2D eigenvalue weighted by Gasteiger charge is 2.33. The lowest BCUT2D eigenvalue weighted by molar-refractivity contribution is 0.0730. The molecule has 4 rings (SSSR count). The maximum atomic E-state index is 12.9. The van der Waals surface area contributed by atoms with Crippen LogP contribution >= 0.6 is 0 Å². The summed E-state index contributed by atoms with van der Waals surface area (Å²) in [6.07, 6.45) is 6.17. The van der Waals surface area contributed by atoms with E-state index in [0.29, 0.717) is 12.6 Å². The van der Waals surface area contributed by atoms with Gasteiger partial charge in [0.1, 0.15) is 5.75 Å². The van der Waals surface area contributed by atoms with E-state index >= 15 is 0 Å². The SMILES string of the molecule is Cc1ccc(C(=O)N(Cc2ccc(OCC3CCC3)cc2)C2CC2)cc1. The molecular formula is C23H27NO2. The molecule has 2 saturated carbocycles. The van der Waals surface area contributed by atoms with Crippen LogP contribution in [0.3, 0.4) is 0 Å². The van der Waals surface area contributed by atoms with E-state index in [9.17, 15) is 4.79 Å². The lowest BCUT2D eigenvalue weighted by Gasteiger charge is -2.25. The summed E-state index contributed by atoms with van der Waals surface area (Å²) in [5, 5.41) is 0. The van der Waals surface area contributed by atoms with Gasteiger partial charge in [0.05, 0.1) is 6.61 Å². The van der Waals surface area contributed by atoms with Crippen molar-refractivity contribution in [3.63, 3.8) is 0 Å². The van der Waals surface area contributed by atoms with Crippen LogP contribution in [-0.4, -0.2) is 23.5 Å². The van der Waals surface area contributed by atoms with E-state index in [0.717, 1.165) is 42.2 Å². The molecule has 3 heteroatoms. The lowest BCUT2D eigenvalue weighted by atomic mass is 9.86. The van der Waals surface area contributed by atoms with Gasteiger partial charge in [-0.1, -0.05) is 36.2 Å². The van der Waals surface area contributed by atoms with E-state index in [1.165, 1.54) is 24.8 Å². The second-order valence-electron chi connectivity index (χ2n) is 7.78. The Hall–Kier alpha value is -2.29. The minimum atomic E-state index is 0.137. The summed E-state index contributed by atoms with van der Waals surface area (Å²) in [6, 6.07) is 16.5. The summed E-state index contributed by atoms with van der Waals surface area (Å²) in [7, 11) is 0. The van der Waals surface area contributed by atoms with Crippen molar-refractivity contribution in [2.75, 3.05) is 6.61 Å². The third-order valence-electron chi connectivity index (χ3n) is 5.53. The van der Waals surface area contributed by atoms with E-state index in [1.54, 1.807) is 0 Å². The first-order chi connectivity index (χ1) is 12.7. The number of benzene rings is 2. The summed E-state index contributed by atoms with van der Waals surface area (Å²) in [5.41, 5.74) is 3.12. The summed E-state index contributed by atoms with van der Waals surface area (Å²) in [5.74, 6) is 1.81. The van der Waals surface area contributed by atoms with Gasteiger partial charge in [-0.25, -0.2) is 0 Å². The molecule has 1 amide bonds. The molecule has 2 aromatic carbocycles. The first-order valence-electron chi connectivity index (χ1n) is 9.78. The topological polar surface area (TPSA) is 29.5 Å². The van der Waals surface area contributed by atoms with Gasteiger partial charge < -0.3 is 9.64 Å². The fraction of sp³-hybridized carbons (Fsp3) is 0.435. The molecule has 0 unspecified atom stereocenters. The molecule has 0 radical (unpaired) electrons. The standard InChI is InChI=1S/C23H27NO2/c1-17-5-9-20(10-6-17)23(25)24(21-11-12-21)15-18-7-13-22(14-8-18)26-16-19-3-2-4-19/h5-10,13-14,19,21H,2-4,11-12,15-16H2,1H3. The Kier molecular flexibility index (Phi) is 4.96. The van der Waals surface area contributed by atoms with Gasteiger partial charge in [-0.05, 0) is 68.4 Å². The maximum Gasteiger partial charge on any atom is 0.254 e. The zero-order chi connectivity index (χ0) is 17.9. The summed E-state index contributed by atoms with van der Waals surface area (Å²) < 4.78 is 5.88. The van der Waals surface area contributed by atoms with Gasteiger partial charge in [0.15, 0.2) is 0 Å². The second kappa shape index (κ2) is 7.53. The van der Waals surface area contributed by atoms with Gasteiger partial charge in [-0.15, -0.1) is 0 Å². The number of carbonyl (C=O) groups is 1. The van der Waals surface area contributed by atoms with Crippen molar-refractivity contribution in [1.29, 1.82) is 0 Å². The average molecular weight is 349 g/mol. The largest absolute Gasteiger partial charge is 0.493 e. The number of rotatable bonds is 7. The molecule has 0 heterocycles. The quantitative estimate of drug-likeness (QED) is 0.705. The van der Waals surface area contributed by atoms with E-state index in [1.807, 2.05) is 48.2 Å². The van der Waals surface area contributed by atoms with Crippen molar-refractivity contribution in [2.45, 2.75) is 51.6 Å². The smallest absolute Gasteiger partial charge is 0.254 e. The maximum absolute atomic E-state index is 12.9. The Balaban J connectivity index is 1.39. The minimum Gasteiger partial charge on any atom is -0.493 e. The molecule has 3 nitrogen and oxygen atoms in total. The summed E-state index contributed by atoms with van der Waals surface area (Å²) in [6.45, 7) is 3.54. The fourth-order valence-electron chi connectivity index (χ4n) is 3.38. The monoisotopic (exact) mass is 349 g/mol. The molecule has 0 saturated heterocycles. The van der Waals surface area contributed by atoms with Crippen molar-refractivity contribution >= 4 is 5.91 Å². The molecule has 136 valence electrons. The van der Waals surface area contributed by atoms with Crippen LogP contribution in [0.5, 0.6) is 5.75 Å². The highest BCUT2D eigenvalue weighted by molar-refractivity contribution is 5.94. The normalized spacial score (nSPS) is 16.8. The Labute approximate surface area is 156 Å². The molecule has 0 aromatic heterocycles. The third-order valence-corrected chi connectivity index (χ3v) is 5.53. The van der Waals surface area contributed by atoms with E-state index < -0.39 is 0 Å². The van der Waals surface area contributed by atoms with Crippen LogP contribution in [0.25, 0.3) is 0 Å². The molecule has 0 N–H and O–H groups in total. The number of nitrogens with zero attached hydrogens (tertiary/aromatic N) is 1. The summed E-state index contributed by atoms with van der Waals surface area (Å²) in [4.78, 5) is 14.9. The van der Waals surface area contributed by atoms with Crippen molar-refractivity contribution in [2.24, 2.45) is 5.92 Å². The molecule has 26 heavy (non-hydrogen) atoms. The summed E-state index contributed by atoms with van der Waals surface area (Å²) >= 11 is 0. The van der Waals surface area contributed by atoms with Crippen molar-refractivity contribution in [3.05, 3.63) is 65.2 Å². The number of hydrogen-bond acceptors (Lipinski definition) is 2. The Morgan fingerprint density at radius 3 is 2.27 bits per heavy atom. The predicted molar refractivity (Wildman–Crippen MR) is 103 cm³/mol. The molecule has 0 spiro atoms. The van der Waals surface area contributed by atoms with E-state index in [4.69, 9.17) is 4.74 Å². The second-order valence-corrected chi connectivity index (χ2v) is 7.78.